The standard InChI is InChI=1S/C33H31N3O5/c1-19-17-24-22(6-8-26(37)36(24)18-20-9-13-34-14-10-20)29(27(19)31(32(38)39)41-33(2,3)4)23-5-7-25-28-21(12-16-40-25)11-15-35-30(23)28/h5-11,13-15,17,31H,12,16,18H2,1-4H3,(H,38,39). The zero-order valence-electron chi connectivity index (χ0n) is 23.5. The molecule has 0 saturated heterocycles. The van der Waals surface area contributed by atoms with Gasteiger partial charge in [0.25, 0.3) is 5.56 Å². The van der Waals surface area contributed by atoms with Crippen molar-refractivity contribution >= 4 is 27.8 Å². The minimum absolute atomic E-state index is 0.156. The number of carbonyl (C=O) groups is 1. The summed E-state index contributed by atoms with van der Waals surface area (Å²) < 4.78 is 13.9. The second kappa shape index (κ2) is 10.1. The lowest BCUT2D eigenvalue weighted by Gasteiger charge is -2.29. The highest BCUT2D eigenvalue weighted by Crippen LogP contribution is 2.45. The second-order valence-corrected chi connectivity index (χ2v) is 11.4. The number of aromatic nitrogens is 3. The monoisotopic (exact) mass is 549 g/mol. The van der Waals surface area contributed by atoms with Crippen LogP contribution in [0.25, 0.3) is 32.9 Å². The number of fused-ring (bicyclic) bond motifs is 1. The molecule has 0 radical (unpaired) electrons. The van der Waals surface area contributed by atoms with E-state index >= 15 is 0 Å². The van der Waals surface area contributed by atoms with Gasteiger partial charge in [0.1, 0.15) is 5.75 Å². The van der Waals surface area contributed by atoms with Crippen LogP contribution in [0.15, 0.2) is 71.9 Å². The zero-order chi connectivity index (χ0) is 28.9. The van der Waals surface area contributed by atoms with Gasteiger partial charge in [-0.3, -0.25) is 14.8 Å². The zero-order valence-corrected chi connectivity index (χ0v) is 23.5. The summed E-state index contributed by atoms with van der Waals surface area (Å²) in [7, 11) is 0. The Labute approximate surface area is 237 Å². The molecule has 0 aliphatic carbocycles. The number of aryl methyl sites for hydroxylation is 1. The van der Waals surface area contributed by atoms with Crippen molar-refractivity contribution < 1.29 is 19.4 Å². The average molecular weight is 550 g/mol. The first-order valence-electron chi connectivity index (χ1n) is 13.6. The summed E-state index contributed by atoms with van der Waals surface area (Å²) >= 11 is 0. The molecule has 208 valence electrons. The number of rotatable bonds is 6. The number of pyridine rings is 3. The Morgan fingerprint density at radius 2 is 1.88 bits per heavy atom. The SMILES string of the molecule is Cc1cc2c(ccc(=O)n2Cc2ccncc2)c(-c2ccc3c4c(ccnc24)CCO3)c1C(OC(C)(C)C)C(=O)O. The molecule has 8 nitrogen and oxygen atoms in total. The Balaban J connectivity index is 1.73. The number of ether oxygens (including phenoxy) is 2. The van der Waals surface area contributed by atoms with Crippen molar-refractivity contribution in [3.8, 4) is 16.9 Å². The predicted octanol–water partition coefficient (Wildman–Crippen LogP) is 5.84. The molecule has 0 spiro atoms. The van der Waals surface area contributed by atoms with E-state index in [0.29, 0.717) is 35.4 Å². The maximum Gasteiger partial charge on any atom is 0.337 e. The minimum Gasteiger partial charge on any atom is -0.493 e. The Morgan fingerprint density at radius 1 is 1.10 bits per heavy atom. The first-order valence-corrected chi connectivity index (χ1v) is 13.6. The molecule has 1 N–H and O–H groups in total. The maximum absolute atomic E-state index is 13.3. The van der Waals surface area contributed by atoms with E-state index in [9.17, 15) is 14.7 Å². The van der Waals surface area contributed by atoms with E-state index < -0.39 is 17.7 Å². The van der Waals surface area contributed by atoms with Crippen LogP contribution in [0.4, 0.5) is 0 Å². The van der Waals surface area contributed by atoms with E-state index in [4.69, 9.17) is 14.5 Å². The molecule has 1 aliphatic rings. The fraction of sp³-hybridized carbons (Fsp3) is 0.273. The quantitative estimate of drug-likeness (QED) is 0.284. The predicted molar refractivity (Wildman–Crippen MR) is 157 cm³/mol. The van der Waals surface area contributed by atoms with Crippen molar-refractivity contribution in [2.24, 2.45) is 0 Å². The Kier molecular flexibility index (Phi) is 6.58. The largest absolute Gasteiger partial charge is 0.493 e. The Morgan fingerprint density at radius 3 is 2.61 bits per heavy atom. The molecule has 3 aromatic heterocycles. The number of benzene rings is 2. The number of aliphatic carboxylic acids is 1. The molecule has 0 fully saturated rings. The number of nitrogens with zero attached hydrogens (tertiary/aromatic N) is 3. The molecule has 8 heteroatoms. The molecular formula is C33H31N3O5. The number of carboxylic acid groups (broad SMARTS) is 1. The van der Waals surface area contributed by atoms with Crippen molar-refractivity contribution in [1.29, 1.82) is 0 Å². The summed E-state index contributed by atoms with van der Waals surface area (Å²) in [6.07, 6.45) is 4.69. The third kappa shape index (κ3) is 4.85. The average Bonchev–Trinajstić information content (AvgIpc) is 2.94. The second-order valence-electron chi connectivity index (χ2n) is 11.4. The van der Waals surface area contributed by atoms with Crippen LogP contribution >= 0.6 is 0 Å². The lowest BCUT2D eigenvalue weighted by molar-refractivity contribution is -0.160. The van der Waals surface area contributed by atoms with Crippen molar-refractivity contribution in [3.05, 3.63) is 99.7 Å². The van der Waals surface area contributed by atoms with Crippen LogP contribution in [0.2, 0.25) is 0 Å². The van der Waals surface area contributed by atoms with E-state index in [-0.39, 0.29) is 5.56 Å². The van der Waals surface area contributed by atoms with Gasteiger partial charge in [-0.25, -0.2) is 4.79 Å². The molecule has 0 bridgehead atoms. The van der Waals surface area contributed by atoms with Crippen LogP contribution in [0.5, 0.6) is 5.75 Å². The smallest absolute Gasteiger partial charge is 0.337 e. The molecule has 1 unspecified atom stereocenters. The van der Waals surface area contributed by atoms with Gasteiger partial charge in [-0.15, -0.1) is 0 Å². The van der Waals surface area contributed by atoms with Gasteiger partial charge in [0.05, 0.1) is 29.8 Å². The van der Waals surface area contributed by atoms with Gasteiger partial charge >= 0.3 is 5.97 Å². The molecule has 2 aromatic carbocycles. The molecule has 4 heterocycles. The third-order valence-electron chi connectivity index (χ3n) is 7.43. The van der Waals surface area contributed by atoms with Crippen molar-refractivity contribution in [2.75, 3.05) is 6.61 Å². The number of hydrogen-bond acceptors (Lipinski definition) is 6. The van der Waals surface area contributed by atoms with Gasteiger partial charge in [0, 0.05) is 53.0 Å². The van der Waals surface area contributed by atoms with Gasteiger partial charge in [-0.1, -0.05) is 0 Å². The summed E-state index contributed by atoms with van der Waals surface area (Å²) in [5.74, 6) is -0.334. The lowest BCUT2D eigenvalue weighted by Crippen LogP contribution is -2.28. The van der Waals surface area contributed by atoms with Crippen LogP contribution in [0.1, 0.15) is 49.1 Å². The molecule has 1 aliphatic heterocycles. The molecular weight excluding hydrogens is 518 g/mol. The third-order valence-corrected chi connectivity index (χ3v) is 7.43. The summed E-state index contributed by atoms with van der Waals surface area (Å²) in [5.41, 5.74) is 5.28. The molecule has 6 rings (SSSR count). The van der Waals surface area contributed by atoms with Gasteiger partial charge in [-0.05, 0) is 92.4 Å². The van der Waals surface area contributed by atoms with Crippen LogP contribution in [-0.4, -0.2) is 37.8 Å². The van der Waals surface area contributed by atoms with Gasteiger partial charge in [-0.2, -0.15) is 0 Å². The minimum atomic E-state index is -1.25. The van der Waals surface area contributed by atoms with E-state index in [1.165, 1.54) is 6.07 Å². The normalized spacial score (nSPS) is 13.8. The van der Waals surface area contributed by atoms with E-state index in [0.717, 1.165) is 45.1 Å². The van der Waals surface area contributed by atoms with E-state index in [2.05, 4.69) is 4.98 Å². The van der Waals surface area contributed by atoms with Gasteiger partial charge in [0.2, 0.25) is 0 Å². The number of hydrogen-bond donors (Lipinski definition) is 1. The Bertz CT molecular complexity index is 1860. The molecule has 0 saturated carbocycles. The fourth-order valence-electron chi connectivity index (χ4n) is 5.74. The summed E-state index contributed by atoms with van der Waals surface area (Å²) in [4.78, 5) is 35.0. The van der Waals surface area contributed by atoms with Crippen LogP contribution in [0.3, 0.4) is 0 Å². The molecule has 1 atom stereocenters. The van der Waals surface area contributed by atoms with Crippen molar-refractivity contribution in [2.45, 2.75) is 52.4 Å². The highest BCUT2D eigenvalue weighted by molar-refractivity contribution is 6.08. The fourth-order valence-corrected chi connectivity index (χ4v) is 5.74. The van der Waals surface area contributed by atoms with Crippen LogP contribution < -0.4 is 10.3 Å². The first-order chi connectivity index (χ1) is 19.6. The van der Waals surface area contributed by atoms with Crippen LogP contribution in [-0.2, 0) is 22.5 Å². The summed E-state index contributed by atoms with van der Waals surface area (Å²) in [6, 6.07) is 14.8. The summed E-state index contributed by atoms with van der Waals surface area (Å²) in [6.45, 7) is 8.32. The number of carboxylic acids is 1. The van der Waals surface area contributed by atoms with Gasteiger partial charge in [0.15, 0.2) is 6.10 Å². The lowest BCUT2D eigenvalue weighted by atomic mass is 9.86. The Hall–Kier alpha value is -4.56. The highest BCUT2D eigenvalue weighted by atomic mass is 16.5. The van der Waals surface area contributed by atoms with Crippen LogP contribution in [0, 0.1) is 6.92 Å². The van der Waals surface area contributed by atoms with E-state index in [1.807, 2.05) is 64.1 Å². The van der Waals surface area contributed by atoms with Gasteiger partial charge < -0.3 is 19.1 Å². The van der Waals surface area contributed by atoms with Crippen molar-refractivity contribution in [3.63, 3.8) is 0 Å². The van der Waals surface area contributed by atoms with Crippen molar-refractivity contribution in [1.82, 2.24) is 14.5 Å². The molecule has 41 heavy (non-hydrogen) atoms. The molecule has 0 amide bonds. The van der Waals surface area contributed by atoms with E-state index in [1.54, 1.807) is 29.2 Å². The maximum atomic E-state index is 13.3. The first kappa shape index (κ1) is 26.7. The molecule has 5 aromatic rings. The topological polar surface area (TPSA) is 104 Å². The summed E-state index contributed by atoms with van der Waals surface area (Å²) in [5, 5.41) is 12.1. The highest BCUT2D eigenvalue weighted by Gasteiger charge is 2.33.